The lowest BCUT2D eigenvalue weighted by atomic mass is 10.2. The molecule has 0 aliphatic carbocycles. The summed E-state index contributed by atoms with van der Waals surface area (Å²) in [5, 5.41) is 13.2. The molecule has 0 bridgehead atoms. The Balaban J connectivity index is 2.76. The first-order chi connectivity index (χ1) is 6.59. The largest absolute Gasteiger partial charge is 0.507 e. The average Bonchev–Trinajstić information content (AvgIpc) is 2.08. The van der Waals surface area contributed by atoms with Crippen LogP contribution in [0.1, 0.15) is 5.56 Å². The summed E-state index contributed by atoms with van der Waals surface area (Å²) in [7, 11) is 0. The Hall–Kier alpha value is -1.14. The number of phenols is 1. The van der Waals surface area contributed by atoms with E-state index in [2.05, 4.69) is 38.7 Å². The smallest absolute Gasteiger partial charge is 0.184 e. The van der Waals surface area contributed by atoms with Gasteiger partial charge in [-0.15, -0.1) is 0 Å². The maximum absolute atomic E-state index is 9.44. The molecule has 0 amide bonds. The molecule has 0 atom stereocenters. The molecule has 1 aromatic rings. The van der Waals surface area contributed by atoms with Gasteiger partial charge in [0, 0.05) is 10.0 Å². The van der Waals surface area contributed by atoms with Gasteiger partial charge in [-0.2, -0.15) is 5.10 Å². The molecule has 0 saturated carbocycles. The van der Waals surface area contributed by atoms with E-state index in [4.69, 9.17) is 5.73 Å². The standard InChI is InChI=1S/C8H8BrN3OS/c9-6-2-1-5(7(13)3-6)4-11-12-8(10)14/h1-4,13H,(H3,10,12,14)/b11-4+. The monoisotopic (exact) mass is 273 g/mol. The first-order valence-corrected chi connectivity index (χ1v) is 4.87. The number of rotatable bonds is 2. The summed E-state index contributed by atoms with van der Waals surface area (Å²) < 4.78 is 0.800. The average molecular weight is 274 g/mol. The first kappa shape index (κ1) is 10.9. The fraction of sp³-hybridized carbons (Fsp3) is 0. The summed E-state index contributed by atoms with van der Waals surface area (Å²) in [6, 6.07) is 5.08. The van der Waals surface area contributed by atoms with Crippen LogP contribution in [0.4, 0.5) is 0 Å². The highest BCUT2D eigenvalue weighted by atomic mass is 79.9. The zero-order valence-corrected chi connectivity index (χ0v) is 9.47. The fourth-order valence-electron chi connectivity index (χ4n) is 0.791. The normalized spacial score (nSPS) is 10.4. The van der Waals surface area contributed by atoms with Crippen LogP contribution in [-0.2, 0) is 0 Å². The van der Waals surface area contributed by atoms with Gasteiger partial charge in [0.1, 0.15) is 5.75 Å². The summed E-state index contributed by atoms with van der Waals surface area (Å²) in [6.07, 6.45) is 1.43. The molecule has 1 aromatic carbocycles. The summed E-state index contributed by atoms with van der Waals surface area (Å²) in [5.41, 5.74) is 8.13. The molecule has 0 aliphatic heterocycles. The molecule has 14 heavy (non-hydrogen) atoms. The lowest BCUT2D eigenvalue weighted by Gasteiger charge is -1.99. The van der Waals surface area contributed by atoms with Crippen molar-refractivity contribution in [3.8, 4) is 5.75 Å². The van der Waals surface area contributed by atoms with Gasteiger partial charge in [-0.25, -0.2) is 0 Å². The molecule has 0 aliphatic rings. The van der Waals surface area contributed by atoms with Crippen molar-refractivity contribution in [2.45, 2.75) is 0 Å². The Morgan fingerprint density at radius 2 is 2.36 bits per heavy atom. The van der Waals surface area contributed by atoms with E-state index in [1.165, 1.54) is 6.21 Å². The molecule has 6 heteroatoms. The van der Waals surface area contributed by atoms with E-state index in [9.17, 15) is 5.11 Å². The molecular formula is C8H8BrN3OS. The molecule has 0 heterocycles. The van der Waals surface area contributed by atoms with Crippen LogP contribution in [0.3, 0.4) is 0 Å². The molecule has 0 radical (unpaired) electrons. The van der Waals surface area contributed by atoms with Crippen LogP contribution in [0.25, 0.3) is 0 Å². The van der Waals surface area contributed by atoms with Gasteiger partial charge in [0.15, 0.2) is 5.11 Å². The topological polar surface area (TPSA) is 70.6 Å². The second kappa shape index (κ2) is 4.92. The van der Waals surface area contributed by atoms with E-state index in [0.717, 1.165) is 4.47 Å². The summed E-state index contributed by atoms with van der Waals surface area (Å²) in [6.45, 7) is 0. The number of nitrogens with one attached hydrogen (secondary N) is 1. The summed E-state index contributed by atoms with van der Waals surface area (Å²) in [5.74, 6) is 0.132. The highest BCUT2D eigenvalue weighted by molar-refractivity contribution is 9.10. The van der Waals surface area contributed by atoms with Gasteiger partial charge in [-0.1, -0.05) is 15.9 Å². The number of thiocarbonyl (C=S) groups is 1. The lowest BCUT2D eigenvalue weighted by molar-refractivity contribution is 0.474. The van der Waals surface area contributed by atoms with Gasteiger partial charge in [0.2, 0.25) is 0 Å². The van der Waals surface area contributed by atoms with Crippen LogP contribution < -0.4 is 11.2 Å². The van der Waals surface area contributed by atoms with Crippen LogP contribution in [0, 0.1) is 0 Å². The van der Waals surface area contributed by atoms with Crippen LogP contribution >= 0.6 is 28.1 Å². The third-order valence-electron chi connectivity index (χ3n) is 1.37. The fourth-order valence-corrected chi connectivity index (χ4v) is 1.19. The Labute approximate surface area is 94.9 Å². The molecule has 4 nitrogen and oxygen atoms in total. The van der Waals surface area contributed by atoms with Crippen molar-refractivity contribution >= 4 is 39.5 Å². The number of hydrazone groups is 1. The van der Waals surface area contributed by atoms with Crippen molar-refractivity contribution in [3.05, 3.63) is 28.2 Å². The predicted molar refractivity (Wildman–Crippen MR) is 63.3 cm³/mol. The van der Waals surface area contributed by atoms with Crippen molar-refractivity contribution in [2.75, 3.05) is 0 Å². The summed E-state index contributed by atoms with van der Waals surface area (Å²) in [4.78, 5) is 0. The Morgan fingerprint density at radius 1 is 1.64 bits per heavy atom. The van der Waals surface area contributed by atoms with E-state index >= 15 is 0 Å². The van der Waals surface area contributed by atoms with Gasteiger partial charge in [0.25, 0.3) is 0 Å². The minimum atomic E-state index is 0.0813. The number of halogens is 1. The molecule has 4 N–H and O–H groups in total. The second-order valence-electron chi connectivity index (χ2n) is 2.44. The van der Waals surface area contributed by atoms with E-state index in [0.29, 0.717) is 5.56 Å². The minimum absolute atomic E-state index is 0.0813. The van der Waals surface area contributed by atoms with E-state index in [1.54, 1.807) is 18.2 Å². The third kappa shape index (κ3) is 3.31. The van der Waals surface area contributed by atoms with Crippen molar-refractivity contribution in [2.24, 2.45) is 10.8 Å². The number of benzene rings is 1. The maximum Gasteiger partial charge on any atom is 0.184 e. The Morgan fingerprint density at radius 3 is 2.93 bits per heavy atom. The minimum Gasteiger partial charge on any atom is -0.507 e. The molecule has 0 saturated heterocycles. The first-order valence-electron chi connectivity index (χ1n) is 3.66. The SMILES string of the molecule is NC(=S)N/N=C/c1ccc(Br)cc1O. The van der Waals surface area contributed by atoms with Crippen LogP contribution in [0.2, 0.25) is 0 Å². The Kier molecular flexibility index (Phi) is 3.84. The number of nitrogens with two attached hydrogens (primary N) is 1. The van der Waals surface area contributed by atoms with E-state index in [-0.39, 0.29) is 10.9 Å². The predicted octanol–water partition coefficient (Wildman–Crippen LogP) is 1.32. The van der Waals surface area contributed by atoms with Crippen molar-refractivity contribution in [3.63, 3.8) is 0 Å². The zero-order chi connectivity index (χ0) is 10.6. The van der Waals surface area contributed by atoms with Gasteiger partial charge in [-0.3, -0.25) is 5.43 Å². The van der Waals surface area contributed by atoms with Gasteiger partial charge in [0.05, 0.1) is 6.21 Å². The zero-order valence-electron chi connectivity index (χ0n) is 7.07. The number of aromatic hydroxyl groups is 1. The third-order valence-corrected chi connectivity index (χ3v) is 1.96. The number of hydrogen-bond donors (Lipinski definition) is 3. The number of hydrogen-bond acceptors (Lipinski definition) is 3. The van der Waals surface area contributed by atoms with Crippen LogP contribution in [0.15, 0.2) is 27.8 Å². The Bertz CT molecular complexity index is 381. The van der Waals surface area contributed by atoms with E-state index in [1.807, 2.05) is 0 Å². The van der Waals surface area contributed by atoms with Crippen molar-refractivity contribution in [1.29, 1.82) is 0 Å². The molecule has 74 valence electrons. The van der Waals surface area contributed by atoms with Gasteiger partial charge in [-0.05, 0) is 30.4 Å². The highest BCUT2D eigenvalue weighted by Gasteiger charge is 1.97. The quantitative estimate of drug-likeness (QED) is 0.432. The van der Waals surface area contributed by atoms with Gasteiger partial charge >= 0.3 is 0 Å². The molecule has 0 fully saturated rings. The lowest BCUT2D eigenvalue weighted by Crippen LogP contribution is -2.23. The van der Waals surface area contributed by atoms with Crippen LogP contribution in [0.5, 0.6) is 5.75 Å². The highest BCUT2D eigenvalue weighted by Crippen LogP contribution is 2.20. The number of nitrogens with zero attached hydrogens (tertiary/aromatic N) is 1. The van der Waals surface area contributed by atoms with E-state index < -0.39 is 0 Å². The second-order valence-corrected chi connectivity index (χ2v) is 3.79. The van der Waals surface area contributed by atoms with Crippen molar-refractivity contribution in [1.82, 2.24) is 5.43 Å². The van der Waals surface area contributed by atoms with Gasteiger partial charge < -0.3 is 10.8 Å². The molecule has 0 unspecified atom stereocenters. The number of phenolic OH excluding ortho intramolecular Hbond substituents is 1. The molecule has 0 aromatic heterocycles. The van der Waals surface area contributed by atoms with Crippen LogP contribution in [-0.4, -0.2) is 16.4 Å². The van der Waals surface area contributed by atoms with Crippen molar-refractivity contribution < 1.29 is 5.11 Å². The maximum atomic E-state index is 9.44. The molecule has 0 spiro atoms. The molecular weight excluding hydrogens is 266 g/mol. The summed E-state index contributed by atoms with van der Waals surface area (Å²) >= 11 is 7.77. The molecule has 1 rings (SSSR count).